The van der Waals surface area contributed by atoms with Crippen LogP contribution >= 0.6 is 0 Å². The number of benzene rings is 1. The first-order valence-electron chi connectivity index (χ1n) is 7.81. The fourth-order valence-corrected chi connectivity index (χ4v) is 2.17. The summed E-state index contributed by atoms with van der Waals surface area (Å²) in [4.78, 5) is 13.7. The normalized spacial score (nSPS) is 10.3. The maximum Gasteiger partial charge on any atom is 0.222 e. The minimum absolute atomic E-state index is 0.0723. The molecule has 0 fully saturated rings. The SMILES string of the molecule is CCOc1ccccc1OCCCC(=O)N(C)Cc1ccco1. The van der Waals surface area contributed by atoms with Crippen LogP contribution in [-0.4, -0.2) is 31.1 Å². The second kappa shape index (κ2) is 8.88. The molecule has 0 aliphatic carbocycles. The highest BCUT2D eigenvalue weighted by molar-refractivity contribution is 5.75. The van der Waals surface area contributed by atoms with Gasteiger partial charge in [-0.3, -0.25) is 4.79 Å². The number of hydrogen-bond acceptors (Lipinski definition) is 4. The van der Waals surface area contributed by atoms with Gasteiger partial charge in [-0.15, -0.1) is 0 Å². The van der Waals surface area contributed by atoms with Crippen LogP contribution in [0, 0.1) is 0 Å². The Hall–Kier alpha value is -2.43. The minimum atomic E-state index is 0.0723. The summed E-state index contributed by atoms with van der Waals surface area (Å²) in [6, 6.07) is 11.2. The zero-order valence-corrected chi connectivity index (χ0v) is 13.7. The molecule has 2 aromatic rings. The van der Waals surface area contributed by atoms with E-state index in [-0.39, 0.29) is 5.91 Å². The lowest BCUT2D eigenvalue weighted by molar-refractivity contribution is -0.130. The van der Waals surface area contributed by atoms with Gasteiger partial charge in [-0.05, 0) is 37.6 Å². The average molecular weight is 317 g/mol. The number of rotatable bonds is 9. The van der Waals surface area contributed by atoms with E-state index < -0.39 is 0 Å². The standard InChI is InChI=1S/C18H23NO4/c1-3-21-16-9-4-5-10-17(16)23-13-7-11-18(20)19(2)14-15-8-6-12-22-15/h4-6,8-10,12H,3,7,11,13-14H2,1-2H3. The van der Waals surface area contributed by atoms with Crippen LogP contribution < -0.4 is 9.47 Å². The van der Waals surface area contributed by atoms with Gasteiger partial charge in [-0.2, -0.15) is 0 Å². The Morgan fingerprint density at radius 1 is 1.13 bits per heavy atom. The molecule has 0 spiro atoms. The Morgan fingerprint density at radius 2 is 1.87 bits per heavy atom. The predicted octanol–water partition coefficient (Wildman–Crippen LogP) is 3.50. The molecule has 1 aromatic carbocycles. The van der Waals surface area contributed by atoms with Gasteiger partial charge in [0.05, 0.1) is 26.0 Å². The van der Waals surface area contributed by atoms with Crippen LogP contribution in [0.2, 0.25) is 0 Å². The maximum absolute atomic E-state index is 12.1. The van der Waals surface area contributed by atoms with Gasteiger partial charge in [0, 0.05) is 13.5 Å². The van der Waals surface area contributed by atoms with Gasteiger partial charge in [-0.25, -0.2) is 0 Å². The smallest absolute Gasteiger partial charge is 0.222 e. The molecule has 0 atom stereocenters. The van der Waals surface area contributed by atoms with Crippen LogP contribution in [0.4, 0.5) is 0 Å². The lowest BCUT2D eigenvalue weighted by atomic mass is 10.2. The zero-order valence-electron chi connectivity index (χ0n) is 13.7. The molecule has 124 valence electrons. The van der Waals surface area contributed by atoms with E-state index in [9.17, 15) is 4.79 Å². The second-order valence-electron chi connectivity index (χ2n) is 5.16. The van der Waals surface area contributed by atoms with E-state index in [4.69, 9.17) is 13.9 Å². The van der Waals surface area contributed by atoms with Gasteiger partial charge in [0.2, 0.25) is 5.91 Å². The molecule has 2 rings (SSSR count). The molecule has 0 aliphatic rings. The lowest BCUT2D eigenvalue weighted by Crippen LogP contribution is -2.26. The van der Waals surface area contributed by atoms with Crippen molar-refractivity contribution in [3.63, 3.8) is 0 Å². The Morgan fingerprint density at radius 3 is 2.52 bits per heavy atom. The van der Waals surface area contributed by atoms with Crippen molar-refractivity contribution in [1.29, 1.82) is 0 Å². The largest absolute Gasteiger partial charge is 0.490 e. The van der Waals surface area contributed by atoms with Crippen molar-refractivity contribution >= 4 is 5.91 Å². The number of para-hydroxylation sites is 2. The van der Waals surface area contributed by atoms with Crippen LogP contribution in [0.3, 0.4) is 0 Å². The van der Waals surface area contributed by atoms with Gasteiger partial charge in [0.25, 0.3) is 0 Å². The number of carbonyl (C=O) groups excluding carboxylic acids is 1. The number of carbonyl (C=O) groups is 1. The van der Waals surface area contributed by atoms with Crippen LogP contribution in [0.15, 0.2) is 47.1 Å². The van der Waals surface area contributed by atoms with Crippen molar-refractivity contribution in [2.75, 3.05) is 20.3 Å². The fraction of sp³-hybridized carbons (Fsp3) is 0.389. The number of amides is 1. The first-order valence-corrected chi connectivity index (χ1v) is 7.81. The summed E-state index contributed by atoms with van der Waals surface area (Å²) in [7, 11) is 1.77. The molecule has 1 heterocycles. The molecule has 5 nitrogen and oxygen atoms in total. The number of hydrogen-bond donors (Lipinski definition) is 0. The topological polar surface area (TPSA) is 51.9 Å². The molecule has 0 saturated heterocycles. The Balaban J connectivity index is 1.71. The summed E-state index contributed by atoms with van der Waals surface area (Å²) in [6.07, 6.45) is 2.70. The van der Waals surface area contributed by atoms with Crippen molar-refractivity contribution in [2.45, 2.75) is 26.3 Å². The summed E-state index contributed by atoms with van der Waals surface area (Å²) in [6.45, 7) is 3.49. The van der Waals surface area contributed by atoms with Crippen molar-refractivity contribution in [3.05, 3.63) is 48.4 Å². The Bertz CT molecular complexity index is 595. The van der Waals surface area contributed by atoms with Gasteiger partial charge in [0.15, 0.2) is 11.5 Å². The number of ether oxygens (including phenoxy) is 2. The predicted molar refractivity (Wildman–Crippen MR) is 87.5 cm³/mol. The van der Waals surface area contributed by atoms with Crippen LogP contribution in [0.25, 0.3) is 0 Å². The van der Waals surface area contributed by atoms with E-state index in [2.05, 4.69) is 0 Å². The van der Waals surface area contributed by atoms with Crippen molar-refractivity contribution in [3.8, 4) is 11.5 Å². The molecular weight excluding hydrogens is 294 g/mol. The van der Waals surface area contributed by atoms with E-state index in [0.29, 0.717) is 38.3 Å². The molecule has 0 N–H and O–H groups in total. The third-order valence-corrected chi connectivity index (χ3v) is 3.34. The number of furan rings is 1. The summed E-state index contributed by atoms with van der Waals surface area (Å²) >= 11 is 0. The third kappa shape index (κ3) is 5.36. The quantitative estimate of drug-likeness (QED) is 0.664. The molecule has 0 radical (unpaired) electrons. The Kier molecular flexibility index (Phi) is 6.54. The van der Waals surface area contributed by atoms with Crippen LogP contribution in [0.5, 0.6) is 11.5 Å². The molecule has 0 saturated carbocycles. The Labute approximate surface area is 136 Å². The average Bonchev–Trinajstić information content (AvgIpc) is 3.06. The molecule has 5 heteroatoms. The van der Waals surface area contributed by atoms with Gasteiger partial charge < -0.3 is 18.8 Å². The molecule has 1 amide bonds. The van der Waals surface area contributed by atoms with E-state index in [1.165, 1.54) is 0 Å². The van der Waals surface area contributed by atoms with Gasteiger partial charge in [0.1, 0.15) is 5.76 Å². The van der Waals surface area contributed by atoms with E-state index in [1.807, 2.05) is 43.3 Å². The van der Waals surface area contributed by atoms with Crippen LogP contribution in [0.1, 0.15) is 25.5 Å². The highest BCUT2D eigenvalue weighted by atomic mass is 16.5. The summed E-state index contributed by atoms with van der Waals surface area (Å²) in [5, 5.41) is 0. The molecular formula is C18H23NO4. The second-order valence-corrected chi connectivity index (χ2v) is 5.16. The van der Waals surface area contributed by atoms with Crippen molar-refractivity contribution < 1.29 is 18.7 Å². The van der Waals surface area contributed by atoms with E-state index in [0.717, 1.165) is 11.5 Å². The van der Waals surface area contributed by atoms with E-state index in [1.54, 1.807) is 18.2 Å². The van der Waals surface area contributed by atoms with Crippen LogP contribution in [-0.2, 0) is 11.3 Å². The van der Waals surface area contributed by atoms with E-state index >= 15 is 0 Å². The third-order valence-electron chi connectivity index (χ3n) is 3.34. The summed E-state index contributed by atoms with van der Waals surface area (Å²) in [5.74, 6) is 2.30. The molecule has 1 aromatic heterocycles. The highest BCUT2D eigenvalue weighted by Gasteiger charge is 2.11. The maximum atomic E-state index is 12.1. The fourth-order valence-electron chi connectivity index (χ4n) is 2.17. The first kappa shape index (κ1) is 16.9. The first-order chi connectivity index (χ1) is 11.2. The summed E-state index contributed by atoms with van der Waals surface area (Å²) < 4.78 is 16.5. The van der Waals surface area contributed by atoms with Crippen molar-refractivity contribution in [2.24, 2.45) is 0 Å². The van der Waals surface area contributed by atoms with Gasteiger partial charge >= 0.3 is 0 Å². The van der Waals surface area contributed by atoms with Gasteiger partial charge in [-0.1, -0.05) is 12.1 Å². The lowest BCUT2D eigenvalue weighted by Gasteiger charge is -2.16. The minimum Gasteiger partial charge on any atom is -0.490 e. The molecule has 0 aliphatic heterocycles. The molecule has 23 heavy (non-hydrogen) atoms. The monoisotopic (exact) mass is 317 g/mol. The molecule has 0 bridgehead atoms. The van der Waals surface area contributed by atoms with Crippen molar-refractivity contribution in [1.82, 2.24) is 4.90 Å². The number of nitrogens with zero attached hydrogens (tertiary/aromatic N) is 1. The highest BCUT2D eigenvalue weighted by Crippen LogP contribution is 2.26. The zero-order chi connectivity index (χ0) is 16.5. The molecule has 0 unspecified atom stereocenters. The summed E-state index contributed by atoms with van der Waals surface area (Å²) in [5.41, 5.74) is 0.